The highest BCUT2D eigenvalue weighted by molar-refractivity contribution is 5.83. The van der Waals surface area contributed by atoms with Crippen LogP contribution in [0, 0.1) is 11.8 Å². The number of esters is 1. The Balaban J connectivity index is 4.02. The summed E-state index contributed by atoms with van der Waals surface area (Å²) in [5.74, 6) is 1.27. The topological polar surface area (TPSA) is 26.3 Å². The second kappa shape index (κ2) is 11.6. The van der Waals surface area contributed by atoms with E-state index in [9.17, 15) is 4.79 Å². The standard InChI is InChI=1S/C19H34O2/c1-7-18(6)21-19(20)14-17(5)13-9-12-16(4)11-8-10-15(2)3/h9,13-16,18H,7-8,10-12H2,1-6H3/b13-9+,17-14+. The molecule has 2 heteroatoms. The van der Waals surface area contributed by atoms with Crippen molar-refractivity contribution in [2.45, 2.75) is 79.8 Å². The van der Waals surface area contributed by atoms with Crippen LogP contribution in [-0.2, 0) is 9.53 Å². The van der Waals surface area contributed by atoms with Crippen LogP contribution in [0.4, 0.5) is 0 Å². The number of allylic oxidation sites excluding steroid dienone is 3. The minimum absolute atomic E-state index is 0.00786. The van der Waals surface area contributed by atoms with E-state index in [0.29, 0.717) is 5.92 Å². The third kappa shape index (κ3) is 12.4. The van der Waals surface area contributed by atoms with E-state index in [2.05, 4.69) is 26.8 Å². The van der Waals surface area contributed by atoms with E-state index in [1.807, 2.05) is 26.8 Å². The van der Waals surface area contributed by atoms with Crippen molar-refractivity contribution < 1.29 is 9.53 Å². The minimum atomic E-state index is -0.239. The maximum absolute atomic E-state index is 11.6. The zero-order chi connectivity index (χ0) is 16.3. The van der Waals surface area contributed by atoms with Gasteiger partial charge in [0.1, 0.15) is 0 Å². The number of rotatable bonds is 10. The van der Waals surface area contributed by atoms with Crippen molar-refractivity contribution in [3.8, 4) is 0 Å². The van der Waals surface area contributed by atoms with Crippen LogP contribution in [0.25, 0.3) is 0 Å². The highest BCUT2D eigenvalue weighted by atomic mass is 16.5. The molecule has 0 saturated heterocycles. The lowest BCUT2D eigenvalue weighted by Crippen LogP contribution is -2.11. The van der Waals surface area contributed by atoms with E-state index in [-0.39, 0.29) is 12.1 Å². The molecule has 0 aliphatic carbocycles. The van der Waals surface area contributed by atoms with Gasteiger partial charge < -0.3 is 4.74 Å². The molecule has 0 aromatic rings. The summed E-state index contributed by atoms with van der Waals surface area (Å²) in [6, 6.07) is 0. The van der Waals surface area contributed by atoms with Crippen molar-refractivity contribution in [2.75, 3.05) is 0 Å². The number of carbonyl (C=O) groups excluding carboxylic acids is 1. The van der Waals surface area contributed by atoms with Crippen molar-refractivity contribution in [1.29, 1.82) is 0 Å². The van der Waals surface area contributed by atoms with Crippen LogP contribution in [0.5, 0.6) is 0 Å². The molecule has 21 heavy (non-hydrogen) atoms. The summed E-state index contributed by atoms with van der Waals surface area (Å²) < 4.78 is 5.22. The molecule has 2 atom stereocenters. The Morgan fingerprint density at radius 2 is 1.81 bits per heavy atom. The number of hydrogen-bond donors (Lipinski definition) is 0. The second-order valence-corrected chi connectivity index (χ2v) is 6.61. The van der Waals surface area contributed by atoms with Crippen LogP contribution in [0.15, 0.2) is 23.8 Å². The van der Waals surface area contributed by atoms with E-state index >= 15 is 0 Å². The van der Waals surface area contributed by atoms with Gasteiger partial charge in [0, 0.05) is 6.08 Å². The van der Waals surface area contributed by atoms with Crippen molar-refractivity contribution in [1.82, 2.24) is 0 Å². The molecule has 0 saturated carbocycles. The Bertz CT molecular complexity index is 339. The molecule has 2 nitrogen and oxygen atoms in total. The normalized spacial score (nSPS) is 15.5. The predicted octanol–water partition coefficient (Wildman–Crippen LogP) is 5.68. The van der Waals surface area contributed by atoms with Crippen molar-refractivity contribution in [3.05, 3.63) is 23.8 Å². The monoisotopic (exact) mass is 294 g/mol. The maximum atomic E-state index is 11.6. The number of carbonyl (C=O) groups is 1. The largest absolute Gasteiger partial charge is 0.460 e. The lowest BCUT2D eigenvalue weighted by molar-refractivity contribution is -0.142. The first-order chi connectivity index (χ1) is 9.85. The molecule has 0 bridgehead atoms. The summed E-state index contributed by atoms with van der Waals surface area (Å²) in [7, 11) is 0. The zero-order valence-electron chi connectivity index (χ0n) is 14.8. The van der Waals surface area contributed by atoms with Gasteiger partial charge in [-0.3, -0.25) is 0 Å². The Labute approximate surface area is 131 Å². The molecule has 0 aliphatic heterocycles. The minimum Gasteiger partial charge on any atom is -0.460 e. The van der Waals surface area contributed by atoms with Gasteiger partial charge >= 0.3 is 5.97 Å². The summed E-state index contributed by atoms with van der Waals surface area (Å²) >= 11 is 0. The van der Waals surface area contributed by atoms with Gasteiger partial charge in [0.05, 0.1) is 6.10 Å². The highest BCUT2D eigenvalue weighted by Gasteiger charge is 2.04. The van der Waals surface area contributed by atoms with Gasteiger partial charge in [-0.2, -0.15) is 0 Å². The molecule has 0 rings (SSSR count). The molecule has 2 unspecified atom stereocenters. The molecular formula is C19H34O2. The van der Waals surface area contributed by atoms with Crippen LogP contribution < -0.4 is 0 Å². The molecule has 0 aliphatic rings. The van der Waals surface area contributed by atoms with E-state index in [1.165, 1.54) is 19.3 Å². The van der Waals surface area contributed by atoms with Gasteiger partial charge in [-0.1, -0.05) is 59.1 Å². The molecule has 0 N–H and O–H groups in total. The van der Waals surface area contributed by atoms with Crippen molar-refractivity contribution in [2.24, 2.45) is 11.8 Å². The van der Waals surface area contributed by atoms with Gasteiger partial charge in [0.2, 0.25) is 0 Å². The molecule has 0 fully saturated rings. The molecule has 0 spiro atoms. The average molecular weight is 294 g/mol. The quantitative estimate of drug-likeness (QED) is 0.294. The lowest BCUT2D eigenvalue weighted by Gasteiger charge is -2.10. The van der Waals surface area contributed by atoms with Crippen LogP contribution in [0.2, 0.25) is 0 Å². The summed E-state index contributed by atoms with van der Waals surface area (Å²) in [6.45, 7) is 12.7. The third-order valence-electron chi connectivity index (χ3n) is 3.64. The summed E-state index contributed by atoms with van der Waals surface area (Å²) in [4.78, 5) is 11.6. The fraction of sp³-hybridized carbons (Fsp3) is 0.737. The van der Waals surface area contributed by atoms with Crippen LogP contribution in [0.3, 0.4) is 0 Å². The van der Waals surface area contributed by atoms with Gasteiger partial charge in [0.25, 0.3) is 0 Å². The molecule has 0 aromatic heterocycles. The first-order valence-electron chi connectivity index (χ1n) is 8.40. The SMILES string of the molecule is CCC(C)OC(=O)/C=C(C)/C=C/CC(C)CCCC(C)C. The Morgan fingerprint density at radius 3 is 2.38 bits per heavy atom. The molecular weight excluding hydrogens is 260 g/mol. The smallest absolute Gasteiger partial charge is 0.331 e. The average Bonchev–Trinajstić information content (AvgIpc) is 2.37. The fourth-order valence-corrected chi connectivity index (χ4v) is 2.03. The summed E-state index contributed by atoms with van der Waals surface area (Å²) in [5, 5.41) is 0. The summed E-state index contributed by atoms with van der Waals surface area (Å²) in [5.41, 5.74) is 0.956. The van der Waals surface area contributed by atoms with Crippen LogP contribution >= 0.6 is 0 Å². The zero-order valence-corrected chi connectivity index (χ0v) is 14.8. The summed E-state index contributed by atoms with van der Waals surface area (Å²) in [6.07, 6.45) is 11.6. The Kier molecular flexibility index (Phi) is 11.0. The first-order valence-corrected chi connectivity index (χ1v) is 8.40. The number of ether oxygens (including phenoxy) is 1. The van der Waals surface area contributed by atoms with Crippen LogP contribution in [0.1, 0.15) is 73.6 Å². The molecule has 0 radical (unpaired) electrons. The molecule has 0 amide bonds. The predicted molar refractivity (Wildman–Crippen MR) is 91.2 cm³/mol. The Hall–Kier alpha value is -1.05. The van der Waals surface area contributed by atoms with E-state index < -0.39 is 0 Å². The van der Waals surface area contributed by atoms with Gasteiger partial charge in [-0.15, -0.1) is 0 Å². The lowest BCUT2D eigenvalue weighted by atomic mass is 9.97. The third-order valence-corrected chi connectivity index (χ3v) is 3.64. The maximum Gasteiger partial charge on any atom is 0.331 e. The Morgan fingerprint density at radius 1 is 1.14 bits per heavy atom. The van der Waals surface area contributed by atoms with Gasteiger partial charge in [-0.05, 0) is 44.1 Å². The fourth-order valence-electron chi connectivity index (χ4n) is 2.03. The first kappa shape index (κ1) is 19.9. The molecule has 122 valence electrons. The van der Waals surface area contributed by atoms with Gasteiger partial charge in [0.15, 0.2) is 0 Å². The molecule has 0 aromatic carbocycles. The van der Waals surface area contributed by atoms with Crippen molar-refractivity contribution >= 4 is 5.97 Å². The van der Waals surface area contributed by atoms with Crippen molar-refractivity contribution in [3.63, 3.8) is 0 Å². The van der Waals surface area contributed by atoms with Crippen LogP contribution in [-0.4, -0.2) is 12.1 Å². The van der Waals surface area contributed by atoms with E-state index in [0.717, 1.165) is 24.3 Å². The second-order valence-electron chi connectivity index (χ2n) is 6.61. The van der Waals surface area contributed by atoms with Gasteiger partial charge in [-0.25, -0.2) is 4.79 Å². The highest BCUT2D eigenvalue weighted by Crippen LogP contribution is 2.16. The number of hydrogen-bond acceptors (Lipinski definition) is 2. The van der Waals surface area contributed by atoms with E-state index in [1.54, 1.807) is 6.08 Å². The molecule has 0 heterocycles. The van der Waals surface area contributed by atoms with E-state index in [4.69, 9.17) is 4.74 Å².